The lowest BCUT2D eigenvalue weighted by Crippen LogP contribution is -2.22. The molecule has 0 aliphatic carbocycles. The molecule has 3 heterocycles. The van der Waals surface area contributed by atoms with Gasteiger partial charge in [0.15, 0.2) is 5.65 Å². The summed E-state index contributed by atoms with van der Waals surface area (Å²) in [5, 5.41) is 2.04. The minimum Gasteiger partial charge on any atom is -0.315 e. The van der Waals surface area contributed by atoms with Gasteiger partial charge in [-0.25, -0.2) is 9.97 Å². The molecule has 0 radical (unpaired) electrons. The Morgan fingerprint density at radius 3 is 2.26 bits per heavy atom. The van der Waals surface area contributed by atoms with Gasteiger partial charge in [0.25, 0.3) is 5.56 Å². The van der Waals surface area contributed by atoms with E-state index in [1.807, 2.05) is 5.10 Å². The molecule has 0 unspecified atom stereocenters. The van der Waals surface area contributed by atoms with Crippen LogP contribution in [0.3, 0.4) is 0 Å². The molecule has 174 valence electrons. The van der Waals surface area contributed by atoms with Gasteiger partial charge in [-0.05, 0) is 17.7 Å². The standard InChI is InChI=1S/C22H13F6N5O/c23-21(24,25)11-32-15-9-5-4-8-14(15)30-18(32)13-10-29-19-16(12-6-2-1-3-7-12)17(22(26,27)28)31-33(19)20(13)34/h1-10,31H,11H2. The summed E-state index contributed by atoms with van der Waals surface area (Å²) in [7, 11) is 0. The summed E-state index contributed by atoms with van der Waals surface area (Å²) < 4.78 is 82.7. The van der Waals surface area contributed by atoms with Gasteiger partial charge in [0.05, 0.1) is 16.6 Å². The molecule has 0 aliphatic heterocycles. The molecule has 0 atom stereocenters. The second-order valence-electron chi connectivity index (χ2n) is 7.49. The molecular weight excluding hydrogens is 464 g/mol. The summed E-state index contributed by atoms with van der Waals surface area (Å²) in [5.74, 6) is -0.352. The average Bonchev–Trinajstić information content (AvgIpc) is 3.33. The third-order valence-corrected chi connectivity index (χ3v) is 5.24. The van der Waals surface area contributed by atoms with Gasteiger partial charge in [-0.15, -0.1) is 0 Å². The molecule has 2 aromatic carbocycles. The van der Waals surface area contributed by atoms with Crippen molar-refractivity contribution in [3.63, 3.8) is 0 Å². The number of para-hydroxylation sites is 2. The van der Waals surface area contributed by atoms with Crippen molar-refractivity contribution in [3.8, 4) is 22.5 Å². The van der Waals surface area contributed by atoms with Crippen LogP contribution in [0.25, 0.3) is 39.2 Å². The molecule has 34 heavy (non-hydrogen) atoms. The molecule has 0 bridgehead atoms. The fourth-order valence-corrected chi connectivity index (χ4v) is 3.87. The van der Waals surface area contributed by atoms with Crippen molar-refractivity contribution in [1.82, 2.24) is 24.1 Å². The zero-order valence-corrected chi connectivity index (χ0v) is 16.9. The van der Waals surface area contributed by atoms with Crippen LogP contribution < -0.4 is 5.56 Å². The van der Waals surface area contributed by atoms with Gasteiger partial charge in [0, 0.05) is 6.20 Å². The van der Waals surface area contributed by atoms with Crippen molar-refractivity contribution >= 4 is 16.7 Å². The largest absolute Gasteiger partial charge is 0.433 e. The molecule has 0 amide bonds. The topological polar surface area (TPSA) is 68.0 Å². The number of alkyl halides is 6. The number of H-pyrrole nitrogens is 1. The van der Waals surface area contributed by atoms with E-state index in [-0.39, 0.29) is 39.2 Å². The number of halogens is 6. The van der Waals surface area contributed by atoms with Crippen molar-refractivity contribution in [2.45, 2.75) is 18.9 Å². The van der Waals surface area contributed by atoms with E-state index in [1.54, 1.807) is 12.1 Å². The number of benzene rings is 2. The maximum Gasteiger partial charge on any atom is 0.433 e. The Bertz CT molecular complexity index is 1580. The SMILES string of the molecule is O=c1c(-c2nc3ccccc3n2CC(F)(F)F)cnc2c(-c3ccccc3)c(C(F)(F)F)[nH]n12. The van der Waals surface area contributed by atoms with E-state index >= 15 is 0 Å². The monoisotopic (exact) mass is 477 g/mol. The molecular formula is C22H13F6N5O. The average molecular weight is 477 g/mol. The Morgan fingerprint density at radius 2 is 1.59 bits per heavy atom. The molecule has 0 aliphatic rings. The number of nitrogens with one attached hydrogen (secondary N) is 1. The number of imidazole rings is 1. The summed E-state index contributed by atoms with van der Waals surface area (Å²) in [4.78, 5) is 21.4. The molecule has 0 saturated carbocycles. The highest BCUT2D eigenvalue weighted by Gasteiger charge is 2.38. The minimum atomic E-state index is -4.85. The first-order chi connectivity index (χ1) is 16.0. The lowest BCUT2D eigenvalue weighted by molar-refractivity contribution is -0.141. The highest BCUT2D eigenvalue weighted by molar-refractivity contribution is 5.82. The van der Waals surface area contributed by atoms with Gasteiger partial charge >= 0.3 is 12.4 Å². The maximum absolute atomic E-state index is 13.8. The second-order valence-corrected chi connectivity index (χ2v) is 7.49. The van der Waals surface area contributed by atoms with E-state index in [1.165, 1.54) is 42.5 Å². The van der Waals surface area contributed by atoms with E-state index in [0.717, 1.165) is 10.8 Å². The molecule has 0 saturated heterocycles. The maximum atomic E-state index is 13.8. The van der Waals surface area contributed by atoms with Gasteiger partial charge in [-0.3, -0.25) is 9.89 Å². The van der Waals surface area contributed by atoms with Crippen LogP contribution in [0, 0.1) is 0 Å². The van der Waals surface area contributed by atoms with E-state index in [0.29, 0.717) is 4.52 Å². The predicted molar refractivity (Wildman–Crippen MR) is 111 cm³/mol. The highest BCUT2D eigenvalue weighted by Crippen LogP contribution is 2.38. The number of nitrogens with zero attached hydrogens (tertiary/aromatic N) is 4. The van der Waals surface area contributed by atoms with Gasteiger partial charge in [0.1, 0.15) is 23.6 Å². The molecule has 6 nitrogen and oxygen atoms in total. The summed E-state index contributed by atoms with van der Waals surface area (Å²) in [6.45, 7) is -1.45. The van der Waals surface area contributed by atoms with Gasteiger partial charge in [-0.2, -0.15) is 30.9 Å². The Kier molecular flexibility index (Phi) is 4.78. The number of aromatic amines is 1. The first-order valence-corrected chi connectivity index (χ1v) is 9.83. The number of rotatable bonds is 3. The molecule has 0 fully saturated rings. The quantitative estimate of drug-likeness (QED) is 0.359. The smallest absolute Gasteiger partial charge is 0.315 e. The molecule has 5 aromatic rings. The summed E-state index contributed by atoms with van der Waals surface area (Å²) in [6.07, 6.45) is -8.54. The summed E-state index contributed by atoms with van der Waals surface area (Å²) >= 11 is 0. The number of hydrogen-bond acceptors (Lipinski definition) is 3. The van der Waals surface area contributed by atoms with Gasteiger partial charge in [-0.1, -0.05) is 42.5 Å². The van der Waals surface area contributed by atoms with Crippen LogP contribution >= 0.6 is 0 Å². The van der Waals surface area contributed by atoms with Crippen LogP contribution in [0.5, 0.6) is 0 Å². The lowest BCUT2D eigenvalue weighted by Gasteiger charge is -2.11. The second kappa shape index (κ2) is 7.47. The number of aromatic nitrogens is 5. The van der Waals surface area contributed by atoms with Crippen molar-refractivity contribution in [1.29, 1.82) is 0 Å². The van der Waals surface area contributed by atoms with Crippen LogP contribution in [-0.4, -0.2) is 30.3 Å². The third-order valence-electron chi connectivity index (χ3n) is 5.24. The predicted octanol–water partition coefficient (Wildman–Crippen LogP) is 5.29. The van der Waals surface area contributed by atoms with E-state index in [4.69, 9.17) is 0 Å². The van der Waals surface area contributed by atoms with Crippen LogP contribution in [0.2, 0.25) is 0 Å². The van der Waals surface area contributed by atoms with E-state index in [2.05, 4.69) is 9.97 Å². The number of fused-ring (bicyclic) bond motifs is 2. The molecule has 3 aromatic heterocycles. The van der Waals surface area contributed by atoms with Gasteiger partial charge < -0.3 is 4.57 Å². The fraction of sp³-hybridized carbons (Fsp3) is 0.136. The van der Waals surface area contributed by atoms with Crippen molar-refractivity contribution in [2.75, 3.05) is 0 Å². The minimum absolute atomic E-state index is 0.117. The molecule has 1 N–H and O–H groups in total. The third kappa shape index (κ3) is 3.60. The molecule has 5 rings (SSSR count). The summed E-state index contributed by atoms with van der Waals surface area (Å²) in [6, 6.07) is 13.5. The van der Waals surface area contributed by atoms with E-state index < -0.39 is 30.2 Å². The fourth-order valence-electron chi connectivity index (χ4n) is 3.87. The first kappa shape index (κ1) is 21.7. The van der Waals surface area contributed by atoms with Gasteiger partial charge in [0.2, 0.25) is 0 Å². The van der Waals surface area contributed by atoms with Crippen LogP contribution in [-0.2, 0) is 12.7 Å². The Labute approximate surface area is 186 Å². The highest BCUT2D eigenvalue weighted by atomic mass is 19.4. The summed E-state index contributed by atoms with van der Waals surface area (Å²) in [5.41, 5.74) is -2.79. The zero-order chi connectivity index (χ0) is 24.3. The van der Waals surface area contributed by atoms with Crippen molar-refractivity contribution in [3.05, 3.63) is 76.8 Å². The first-order valence-electron chi connectivity index (χ1n) is 9.83. The molecule has 0 spiro atoms. The van der Waals surface area contributed by atoms with E-state index in [9.17, 15) is 31.1 Å². The Morgan fingerprint density at radius 1 is 0.912 bits per heavy atom. The van der Waals surface area contributed by atoms with Crippen LogP contribution in [0.15, 0.2) is 65.6 Å². The lowest BCUT2D eigenvalue weighted by atomic mass is 10.1. The Balaban J connectivity index is 1.80. The van der Waals surface area contributed by atoms with Crippen molar-refractivity contribution < 1.29 is 26.3 Å². The van der Waals surface area contributed by atoms with Crippen LogP contribution in [0.1, 0.15) is 5.69 Å². The Hall–Kier alpha value is -4.09. The zero-order valence-electron chi connectivity index (χ0n) is 16.9. The van der Waals surface area contributed by atoms with Crippen LogP contribution in [0.4, 0.5) is 26.3 Å². The normalized spacial score (nSPS) is 12.6. The molecule has 12 heteroatoms. The van der Waals surface area contributed by atoms with Crippen molar-refractivity contribution in [2.24, 2.45) is 0 Å². The number of hydrogen-bond donors (Lipinski definition) is 1.